The van der Waals surface area contributed by atoms with Gasteiger partial charge in [0.2, 0.25) is 0 Å². The molecule has 0 amide bonds. The molecule has 0 aromatic carbocycles. The van der Waals surface area contributed by atoms with Crippen LogP contribution in [0, 0.1) is 11.8 Å². The number of rotatable bonds is 7. The molecule has 0 fully saturated rings. The Kier molecular flexibility index (Phi) is 8.46. The van der Waals surface area contributed by atoms with Gasteiger partial charge in [0, 0.05) is 0 Å². The molecule has 0 spiro atoms. The first-order valence-corrected chi connectivity index (χ1v) is 6.35. The lowest BCUT2D eigenvalue weighted by Gasteiger charge is -2.09. The number of hydrogen-bond acceptors (Lipinski definition) is 0. The molecule has 0 aromatic rings. The van der Waals surface area contributed by atoms with Crippen molar-refractivity contribution in [3.05, 3.63) is 23.8 Å². The standard InChI is InChI=1S/C15H28/c1-6-14(4)10-8-12-15(5)11-7-9-13(2)3/h6,8,10,13,15H,7,9,11-12H2,1-5H3/b10-8+,14-6-/t15-/m1/s1. The summed E-state index contributed by atoms with van der Waals surface area (Å²) < 4.78 is 0. The van der Waals surface area contributed by atoms with Crippen LogP contribution < -0.4 is 0 Å². The lowest BCUT2D eigenvalue weighted by molar-refractivity contribution is 0.461. The van der Waals surface area contributed by atoms with E-state index in [0.29, 0.717) is 0 Å². The van der Waals surface area contributed by atoms with Crippen LogP contribution in [0.1, 0.15) is 60.3 Å². The molecule has 88 valence electrons. The summed E-state index contributed by atoms with van der Waals surface area (Å²) >= 11 is 0. The average molecular weight is 208 g/mol. The van der Waals surface area contributed by atoms with E-state index >= 15 is 0 Å². The van der Waals surface area contributed by atoms with Crippen LogP contribution in [0.2, 0.25) is 0 Å². The molecular formula is C15H28. The summed E-state index contributed by atoms with van der Waals surface area (Å²) in [5.41, 5.74) is 1.37. The molecule has 0 aliphatic rings. The molecule has 15 heavy (non-hydrogen) atoms. The SMILES string of the molecule is C/C=C(C)\C=C\C[C@H](C)CCCC(C)C. The molecule has 0 aromatic heterocycles. The van der Waals surface area contributed by atoms with E-state index in [0.717, 1.165) is 11.8 Å². The van der Waals surface area contributed by atoms with Gasteiger partial charge in [-0.25, -0.2) is 0 Å². The molecule has 0 heterocycles. The predicted molar refractivity (Wildman–Crippen MR) is 71.0 cm³/mol. The van der Waals surface area contributed by atoms with Gasteiger partial charge in [-0.1, -0.05) is 63.8 Å². The second kappa shape index (κ2) is 8.76. The molecular weight excluding hydrogens is 180 g/mol. The molecule has 0 heteroatoms. The van der Waals surface area contributed by atoms with Crippen LogP contribution in [0.5, 0.6) is 0 Å². The summed E-state index contributed by atoms with van der Waals surface area (Å²) in [6.07, 6.45) is 12.1. The summed E-state index contributed by atoms with van der Waals surface area (Å²) in [5, 5.41) is 0. The first-order chi connectivity index (χ1) is 7.06. The Balaban J connectivity index is 3.57. The van der Waals surface area contributed by atoms with Gasteiger partial charge in [0.25, 0.3) is 0 Å². The quantitative estimate of drug-likeness (QED) is 0.494. The van der Waals surface area contributed by atoms with Crippen LogP contribution in [0.15, 0.2) is 23.8 Å². The number of hydrogen-bond donors (Lipinski definition) is 0. The molecule has 0 N–H and O–H groups in total. The van der Waals surface area contributed by atoms with Crippen molar-refractivity contribution in [2.75, 3.05) is 0 Å². The molecule has 0 saturated carbocycles. The van der Waals surface area contributed by atoms with Gasteiger partial charge in [0.05, 0.1) is 0 Å². The van der Waals surface area contributed by atoms with Crippen LogP contribution in [-0.4, -0.2) is 0 Å². The van der Waals surface area contributed by atoms with Crippen molar-refractivity contribution in [3.63, 3.8) is 0 Å². The van der Waals surface area contributed by atoms with E-state index in [2.05, 4.69) is 52.8 Å². The third kappa shape index (κ3) is 9.78. The lowest BCUT2D eigenvalue weighted by Crippen LogP contribution is -1.95. The molecule has 0 radical (unpaired) electrons. The minimum absolute atomic E-state index is 0.838. The summed E-state index contributed by atoms with van der Waals surface area (Å²) in [6, 6.07) is 0. The summed E-state index contributed by atoms with van der Waals surface area (Å²) in [7, 11) is 0. The fourth-order valence-corrected chi connectivity index (χ4v) is 1.57. The van der Waals surface area contributed by atoms with Gasteiger partial charge < -0.3 is 0 Å². The van der Waals surface area contributed by atoms with Crippen molar-refractivity contribution in [1.29, 1.82) is 0 Å². The van der Waals surface area contributed by atoms with Crippen molar-refractivity contribution >= 4 is 0 Å². The third-order valence-corrected chi connectivity index (χ3v) is 2.85. The maximum atomic E-state index is 2.36. The van der Waals surface area contributed by atoms with E-state index in [1.54, 1.807) is 0 Å². The Bertz CT molecular complexity index is 196. The van der Waals surface area contributed by atoms with Gasteiger partial charge in [0.1, 0.15) is 0 Å². The highest BCUT2D eigenvalue weighted by molar-refractivity contribution is 5.14. The van der Waals surface area contributed by atoms with Crippen LogP contribution in [0.3, 0.4) is 0 Å². The monoisotopic (exact) mass is 208 g/mol. The Hall–Kier alpha value is -0.520. The highest BCUT2D eigenvalue weighted by atomic mass is 14.1. The zero-order valence-corrected chi connectivity index (χ0v) is 11.2. The van der Waals surface area contributed by atoms with E-state index in [1.807, 2.05) is 0 Å². The normalized spacial score (nSPS) is 15.2. The van der Waals surface area contributed by atoms with Crippen molar-refractivity contribution in [3.8, 4) is 0 Å². The lowest BCUT2D eigenvalue weighted by atomic mass is 9.97. The second-order valence-corrected chi connectivity index (χ2v) is 5.10. The van der Waals surface area contributed by atoms with E-state index < -0.39 is 0 Å². The number of allylic oxidation sites excluding steroid dienone is 4. The second-order valence-electron chi connectivity index (χ2n) is 5.10. The zero-order valence-electron chi connectivity index (χ0n) is 11.2. The van der Waals surface area contributed by atoms with Crippen LogP contribution >= 0.6 is 0 Å². The largest absolute Gasteiger partial charge is 0.0847 e. The highest BCUT2D eigenvalue weighted by Gasteiger charge is 2.00. The Morgan fingerprint density at radius 1 is 1.13 bits per heavy atom. The van der Waals surface area contributed by atoms with Gasteiger partial charge >= 0.3 is 0 Å². The molecule has 0 aliphatic carbocycles. The van der Waals surface area contributed by atoms with E-state index in [-0.39, 0.29) is 0 Å². The molecule has 1 atom stereocenters. The van der Waals surface area contributed by atoms with Gasteiger partial charge in [-0.2, -0.15) is 0 Å². The van der Waals surface area contributed by atoms with Crippen molar-refractivity contribution in [2.45, 2.75) is 60.3 Å². The molecule has 0 rings (SSSR count). The fourth-order valence-electron chi connectivity index (χ4n) is 1.57. The zero-order chi connectivity index (χ0) is 11.7. The molecule has 0 saturated heterocycles. The maximum absolute atomic E-state index is 2.36. The van der Waals surface area contributed by atoms with Crippen molar-refractivity contribution in [1.82, 2.24) is 0 Å². The molecule has 0 nitrogen and oxygen atoms in total. The summed E-state index contributed by atoms with van der Waals surface area (Å²) in [5.74, 6) is 1.70. The van der Waals surface area contributed by atoms with Gasteiger partial charge in [-0.15, -0.1) is 0 Å². The summed E-state index contributed by atoms with van der Waals surface area (Å²) in [4.78, 5) is 0. The minimum atomic E-state index is 0.838. The van der Waals surface area contributed by atoms with Gasteiger partial charge in [0.15, 0.2) is 0 Å². The van der Waals surface area contributed by atoms with E-state index in [1.165, 1.54) is 31.3 Å². The third-order valence-electron chi connectivity index (χ3n) is 2.85. The highest BCUT2D eigenvalue weighted by Crippen LogP contribution is 2.15. The van der Waals surface area contributed by atoms with Crippen LogP contribution in [0.4, 0.5) is 0 Å². The molecule has 0 unspecified atom stereocenters. The van der Waals surface area contributed by atoms with Gasteiger partial charge in [-0.05, 0) is 32.1 Å². The first-order valence-electron chi connectivity index (χ1n) is 6.35. The molecule has 0 bridgehead atoms. The van der Waals surface area contributed by atoms with Crippen LogP contribution in [-0.2, 0) is 0 Å². The maximum Gasteiger partial charge on any atom is -0.0322 e. The Morgan fingerprint density at radius 3 is 2.33 bits per heavy atom. The predicted octanol–water partition coefficient (Wildman–Crippen LogP) is 5.36. The van der Waals surface area contributed by atoms with Gasteiger partial charge in [-0.3, -0.25) is 0 Å². The average Bonchev–Trinajstić information content (AvgIpc) is 2.17. The minimum Gasteiger partial charge on any atom is -0.0847 e. The molecule has 0 aliphatic heterocycles. The first kappa shape index (κ1) is 14.5. The smallest absolute Gasteiger partial charge is 0.0322 e. The van der Waals surface area contributed by atoms with Crippen LogP contribution in [0.25, 0.3) is 0 Å². The summed E-state index contributed by atoms with van der Waals surface area (Å²) in [6.45, 7) is 11.2. The Morgan fingerprint density at radius 2 is 1.80 bits per heavy atom. The van der Waals surface area contributed by atoms with Crippen molar-refractivity contribution < 1.29 is 0 Å². The fraction of sp³-hybridized carbons (Fsp3) is 0.733. The van der Waals surface area contributed by atoms with E-state index in [4.69, 9.17) is 0 Å². The van der Waals surface area contributed by atoms with Crippen molar-refractivity contribution in [2.24, 2.45) is 11.8 Å². The topological polar surface area (TPSA) is 0 Å². The van der Waals surface area contributed by atoms with E-state index in [9.17, 15) is 0 Å². The Labute approximate surface area is 96.5 Å².